The lowest BCUT2D eigenvalue weighted by atomic mass is 10.0. The van der Waals surface area contributed by atoms with Crippen LogP contribution in [0.2, 0.25) is 0 Å². The summed E-state index contributed by atoms with van der Waals surface area (Å²) in [4.78, 5) is 15.5. The second kappa shape index (κ2) is 9.14. The van der Waals surface area contributed by atoms with Crippen molar-refractivity contribution >= 4 is 5.91 Å². The van der Waals surface area contributed by atoms with Crippen LogP contribution in [0.4, 0.5) is 0 Å². The van der Waals surface area contributed by atoms with Crippen LogP contribution in [0.25, 0.3) is 0 Å². The summed E-state index contributed by atoms with van der Waals surface area (Å²) in [6.07, 6.45) is 8.64. The summed E-state index contributed by atoms with van der Waals surface area (Å²) in [6.45, 7) is 3.97. The van der Waals surface area contributed by atoms with Crippen LogP contribution in [0.1, 0.15) is 55.3 Å². The molecule has 1 aromatic carbocycles. The summed E-state index contributed by atoms with van der Waals surface area (Å²) in [5.74, 6) is 1.27. The molecule has 2 N–H and O–H groups in total. The van der Waals surface area contributed by atoms with E-state index < -0.39 is 0 Å². The Bertz CT molecular complexity index is 661. The lowest BCUT2D eigenvalue weighted by molar-refractivity contribution is 0.0748. The Kier molecular flexibility index (Phi) is 6.37. The lowest BCUT2D eigenvalue weighted by Gasteiger charge is -2.36. The number of hydrogen-bond donors (Lipinski definition) is 2. The molecule has 28 heavy (non-hydrogen) atoms. The molecule has 1 aliphatic carbocycles. The van der Waals surface area contributed by atoms with Gasteiger partial charge in [-0.05, 0) is 56.8 Å². The van der Waals surface area contributed by atoms with Crippen molar-refractivity contribution in [2.45, 2.75) is 63.1 Å². The maximum Gasteiger partial charge on any atom is 0.255 e. The van der Waals surface area contributed by atoms with Crippen molar-refractivity contribution in [2.24, 2.45) is 0 Å². The largest absolute Gasteiger partial charge is 0.497 e. The van der Waals surface area contributed by atoms with Crippen LogP contribution in [0.5, 0.6) is 11.5 Å². The molecule has 1 atom stereocenters. The number of methoxy groups -OCH3 is 1. The van der Waals surface area contributed by atoms with E-state index >= 15 is 0 Å². The Labute approximate surface area is 168 Å². The molecule has 3 fully saturated rings. The van der Waals surface area contributed by atoms with E-state index in [4.69, 9.17) is 9.47 Å². The zero-order valence-electron chi connectivity index (χ0n) is 16.9. The minimum Gasteiger partial charge on any atom is -0.497 e. The first-order valence-corrected chi connectivity index (χ1v) is 10.8. The molecule has 1 aromatic rings. The standard InChI is InChI=1S/C22H33N3O3/c1-27-19-6-7-21(20(14-19)22(26)24-16-8-11-23-15-16)28-18-9-12-25(13-10-18)17-4-2-3-5-17/h6-7,14,16-18,23H,2-5,8-13,15H2,1H3,(H,24,26). The number of hydrogen-bond acceptors (Lipinski definition) is 5. The molecule has 1 unspecified atom stereocenters. The minimum atomic E-state index is -0.0778. The van der Waals surface area contributed by atoms with Gasteiger partial charge in [-0.15, -0.1) is 0 Å². The van der Waals surface area contributed by atoms with Crippen molar-refractivity contribution in [3.8, 4) is 11.5 Å². The third-order valence-corrected chi connectivity index (χ3v) is 6.44. The van der Waals surface area contributed by atoms with E-state index in [0.717, 1.165) is 51.5 Å². The monoisotopic (exact) mass is 387 g/mol. The Hall–Kier alpha value is -1.79. The molecule has 0 bridgehead atoms. The molecule has 154 valence electrons. The van der Waals surface area contributed by atoms with Gasteiger partial charge < -0.3 is 25.0 Å². The van der Waals surface area contributed by atoms with Gasteiger partial charge in [-0.1, -0.05) is 12.8 Å². The van der Waals surface area contributed by atoms with Gasteiger partial charge >= 0.3 is 0 Å². The maximum absolute atomic E-state index is 12.9. The normalized spacial score (nSPS) is 24.4. The van der Waals surface area contributed by atoms with Gasteiger partial charge in [0.25, 0.3) is 5.91 Å². The zero-order chi connectivity index (χ0) is 19.3. The highest BCUT2D eigenvalue weighted by Gasteiger charge is 2.29. The van der Waals surface area contributed by atoms with Crippen LogP contribution in [-0.4, -0.2) is 62.3 Å². The number of benzene rings is 1. The molecule has 2 aliphatic heterocycles. The average molecular weight is 388 g/mol. The molecule has 2 saturated heterocycles. The summed E-state index contributed by atoms with van der Waals surface area (Å²) >= 11 is 0. The average Bonchev–Trinajstić information content (AvgIpc) is 3.43. The molecule has 1 saturated carbocycles. The van der Waals surface area contributed by atoms with Crippen LogP contribution in [0, 0.1) is 0 Å². The molecule has 0 aromatic heterocycles. The summed E-state index contributed by atoms with van der Waals surface area (Å²) in [6, 6.07) is 6.51. The Morgan fingerprint density at radius 1 is 1.14 bits per heavy atom. The number of carbonyl (C=O) groups excluding carboxylic acids is 1. The fraction of sp³-hybridized carbons (Fsp3) is 0.682. The van der Waals surface area contributed by atoms with E-state index in [1.54, 1.807) is 13.2 Å². The topological polar surface area (TPSA) is 62.8 Å². The van der Waals surface area contributed by atoms with Gasteiger partial charge in [-0.3, -0.25) is 4.79 Å². The molecule has 6 heteroatoms. The maximum atomic E-state index is 12.9. The van der Waals surface area contributed by atoms with Crippen LogP contribution < -0.4 is 20.1 Å². The Morgan fingerprint density at radius 3 is 2.61 bits per heavy atom. The Morgan fingerprint density at radius 2 is 1.93 bits per heavy atom. The smallest absolute Gasteiger partial charge is 0.255 e. The van der Waals surface area contributed by atoms with Gasteiger partial charge in [0.2, 0.25) is 0 Å². The first-order valence-electron chi connectivity index (χ1n) is 10.8. The van der Waals surface area contributed by atoms with E-state index in [9.17, 15) is 4.79 Å². The van der Waals surface area contributed by atoms with Crippen LogP contribution in [-0.2, 0) is 0 Å². The summed E-state index contributed by atoms with van der Waals surface area (Å²) in [5.41, 5.74) is 0.574. The molecule has 1 amide bonds. The van der Waals surface area contributed by atoms with Gasteiger partial charge in [-0.2, -0.15) is 0 Å². The van der Waals surface area contributed by atoms with E-state index in [0.29, 0.717) is 17.1 Å². The fourth-order valence-electron chi connectivity index (χ4n) is 4.77. The molecule has 0 spiro atoms. The SMILES string of the molecule is COc1ccc(OC2CCN(C3CCCC3)CC2)c(C(=O)NC2CCNC2)c1. The lowest BCUT2D eigenvalue weighted by Crippen LogP contribution is -2.43. The van der Waals surface area contributed by atoms with Crippen LogP contribution >= 0.6 is 0 Å². The van der Waals surface area contributed by atoms with Crippen molar-refractivity contribution in [3.05, 3.63) is 23.8 Å². The third kappa shape index (κ3) is 4.61. The predicted molar refractivity (Wildman–Crippen MR) is 109 cm³/mol. The molecule has 4 rings (SSSR count). The number of carbonyl (C=O) groups is 1. The van der Waals surface area contributed by atoms with E-state index in [-0.39, 0.29) is 18.1 Å². The van der Waals surface area contributed by atoms with Crippen LogP contribution in [0.3, 0.4) is 0 Å². The van der Waals surface area contributed by atoms with Gasteiger partial charge in [0, 0.05) is 31.7 Å². The number of nitrogens with one attached hydrogen (secondary N) is 2. The first kappa shape index (κ1) is 19.5. The van der Waals surface area contributed by atoms with Gasteiger partial charge in [0.1, 0.15) is 17.6 Å². The second-order valence-electron chi connectivity index (χ2n) is 8.32. The number of ether oxygens (including phenoxy) is 2. The minimum absolute atomic E-state index is 0.0778. The second-order valence-corrected chi connectivity index (χ2v) is 8.32. The molecule has 6 nitrogen and oxygen atoms in total. The summed E-state index contributed by atoms with van der Waals surface area (Å²) in [7, 11) is 1.62. The highest BCUT2D eigenvalue weighted by Crippen LogP contribution is 2.30. The van der Waals surface area contributed by atoms with Gasteiger partial charge in [0.05, 0.1) is 12.7 Å². The summed E-state index contributed by atoms with van der Waals surface area (Å²) in [5, 5.41) is 6.41. The van der Waals surface area contributed by atoms with Gasteiger partial charge in [0.15, 0.2) is 0 Å². The highest BCUT2D eigenvalue weighted by molar-refractivity contribution is 5.97. The number of nitrogens with zero attached hydrogens (tertiary/aromatic N) is 1. The van der Waals surface area contributed by atoms with Crippen molar-refractivity contribution in [2.75, 3.05) is 33.3 Å². The van der Waals surface area contributed by atoms with Crippen LogP contribution in [0.15, 0.2) is 18.2 Å². The molecule has 2 heterocycles. The number of likely N-dealkylation sites (tertiary alicyclic amines) is 1. The molecule has 3 aliphatic rings. The van der Waals surface area contributed by atoms with E-state index in [1.807, 2.05) is 12.1 Å². The van der Waals surface area contributed by atoms with E-state index in [1.165, 1.54) is 25.7 Å². The highest BCUT2D eigenvalue weighted by atomic mass is 16.5. The molecular formula is C22H33N3O3. The number of piperidine rings is 1. The number of rotatable bonds is 6. The van der Waals surface area contributed by atoms with E-state index in [2.05, 4.69) is 15.5 Å². The third-order valence-electron chi connectivity index (χ3n) is 6.44. The molecule has 0 radical (unpaired) electrons. The van der Waals surface area contributed by atoms with Crippen molar-refractivity contribution < 1.29 is 14.3 Å². The zero-order valence-corrected chi connectivity index (χ0v) is 16.9. The van der Waals surface area contributed by atoms with Crippen molar-refractivity contribution in [3.63, 3.8) is 0 Å². The molecular weight excluding hydrogens is 354 g/mol. The van der Waals surface area contributed by atoms with Crippen molar-refractivity contribution in [1.29, 1.82) is 0 Å². The Balaban J connectivity index is 1.40. The first-order chi connectivity index (χ1) is 13.7. The quantitative estimate of drug-likeness (QED) is 0.786. The predicted octanol–water partition coefficient (Wildman–Crippen LogP) is 2.57. The van der Waals surface area contributed by atoms with Gasteiger partial charge in [-0.25, -0.2) is 0 Å². The number of amides is 1. The summed E-state index contributed by atoms with van der Waals surface area (Å²) < 4.78 is 11.7. The fourth-order valence-corrected chi connectivity index (χ4v) is 4.77. The van der Waals surface area contributed by atoms with Crippen molar-refractivity contribution in [1.82, 2.24) is 15.5 Å².